The van der Waals surface area contributed by atoms with Crippen LogP contribution in [0.15, 0.2) is 29.3 Å². The predicted molar refractivity (Wildman–Crippen MR) is 93.6 cm³/mol. The van der Waals surface area contributed by atoms with Crippen molar-refractivity contribution in [2.45, 2.75) is 57.6 Å². The van der Waals surface area contributed by atoms with Crippen molar-refractivity contribution in [3.63, 3.8) is 0 Å². The molecule has 3 fully saturated rings. The second-order valence-electron chi connectivity index (χ2n) is 7.32. The lowest BCUT2D eigenvalue weighted by Crippen LogP contribution is -2.61. The van der Waals surface area contributed by atoms with Gasteiger partial charge in [-0.3, -0.25) is 0 Å². The van der Waals surface area contributed by atoms with Gasteiger partial charge >= 0.3 is 0 Å². The van der Waals surface area contributed by atoms with E-state index in [0.717, 1.165) is 25.1 Å². The third kappa shape index (κ3) is 2.44. The topological polar surface area (TPSA) is 59.6 Å². The number of rotatable bonds is 3. The number of anilines is 1. The highest BCUT2D eigenvalue weighted by molar-refractivity contribution is 5.92. The summed E-state index contributed by atoms with van der Waals surface area (Å²) in [6.45, 7) is 3.06. The number of fused-ring (bicyclic) bond motifs is 2. The van der Waals surface area contributed by atoms with Crippen LogP contribution < -0.4 is 11.1 Å². The molecule has 0 aromatic heterocycles. The molecule has 1 aromatic rings. The van der Waals surface area contributed by atoms with Crippen molar-refractivity contribution >= 4 is 11.6 Å². The SMILES string of the molecule is CCc1ccc(NC(N)=NC2C3CCOC3C23CCCC3)cc1. The normalized spacial score (nSPS) is 31.9. The minimum atomic E-state index is 0.277. The zero-order chi connectivity index (χ0) is 15.9. The van der Waals surface area contributed by atoms with Crippen LogP contribution in [0.1, 0.15) is 44.6 Å². The van der Waals surface area contributed by atoms with E-state index in [-0.39, 0.29) is 5.41 Å². The van der Waals surface area contributed by atoms with Gasteiger partial charge in [0.2, 0.25) is 0 Å². The van der Waals surface area contributed by atoms with Gasteiger partial charge in [0.05, 0.1) is 12.1 Å². The molecule has 3 unspecified atom stereocenters. The average molecular weight is 313 g/mol. The standard InChI is InChI=1S/C19H27N3O/c1-2-13-5-7-14(8-6-13)21-18(20)22-16-15-9-12-23-17(15)19(16)10-3-4-11-19/h5-8,15-17H,2-4,9-12H2,1H3,(H3,20,21,22). The molecule has 0 amide bonds. The molecule has 1 saturated heterocycles. The number of nitrogens with zero attached hydrogens (tertiary/aromatic N) is 1. The number of guanidine groups is 1. The first-order valence-corrected chi connectivity index (χ1v) is 9.04. The molecular formula is C19H27N3O. The third-order valence-corrected chi connectivity index (χ3v) is 6.15. The number of hydrogen-bond donors (Lipinski definition) is 2. The Morgan fingerprint density at radius 3 is 2.74 bits per heavy atom. The molecule has 4 rings (SSSR count). The molecule has 124 valence electrons. The maximum absolute atomic E-state index is 6.22. The molecule has 1 heterocycles. The van der Waals surface area contributed by atoms with Gasteiger partial charge in [-0.15, -0.1) is 0 Å². The van der Waals surface area contributed by atoms with Gasteiger partial charge in [-0.05, 0) is 43.4 Å². The molecule has 3 atom stereocenters. The van der Waals surface area contributed by atoms with E-state index in [1.54, 1.807) is 0 Å². The van der Waals surface area contributed by atoms with E-state index in [2.05, 4.69) is 36.5 Å². The average Bonchev–Trinajstić information content (AvgIpc) is 3.22. The molecule has 3 N–H and O–H groups in total. The number of aliphatic imine (C=N–C) groups is 1. The number of benzene rings is 1. The van der Waals surface area contributed by atoms with Crippen LogP contribution in [0.4, 0.5) is 5.69 Å². The minimum absolute atomic E-state index is 0.277. The zero-order valence-corrected chi connectivity index (χ0v) is 13.9. The van der Waals surface area contributed by atoms with Crippen molar-refractivity contribution in [2.24, 2.45) is 22.1 Å². The molecule has 0 bridgehead atoms. The monoisotopic (exact) mass is 313 g/mol. The van der Waals surface area contributed by atoms with Gasteiger partial charge < -0.3 is 15.8 Å². The largest absolute Gasteiger partial charge is 0.377 e. The second-order valence-corrected chi connectivity index (χ2v) is 7.32. The highest BCUT2D eigenvalue weighted by Gasteiger charge is 2.65. The summed E-state index contributed by atoms with van der Waals surface area (Å²) in [5.41, 5.74) is 8.85. The van der Waals surface area contributed by atoms with Crippen LogP contribution in [0, 0.1) is 11.3 Å². The van der Waals surface area contributed by atoms with E-state index in [0.29, 0.717) is 24.0 Å². The Kier molecular flexibility index (Phi) is 3.80. The first-order valence-electron chi connectivity index (χ1n) is 9.04. The van der Waals surface area contributed by atoms with Crippen LogP contribution in [-0.2, 0) is 11.2 Å². The first kappa shape index (κ1) is 15.0. The lowest BCUT2D eigenvalue weighted by atomic mass is 9.54. The van der Waals surface area contributed by atoms with Crippen LogP contribution in [0.3, 0.4) is 0 Å². The first-order chi connectivity index (χ1) is 11.2. The van der Waals surface area contributed by atoms with E-state index in [4.69, 9.17) is 15.5 Å². The number of nitrogens with one attached hydrogen (secondary N) is 1. The Bertz CT molecular complexity index is 589. The molecule has 2 saturated carbocycles. The van der Waals surface area contributed by atoms with Crippen LogP contribution in [0.5, 0.6) is 0 Å². The molecule has 3 aliphatic rings. The van der Waals surface area contributed by atoms with Crippen molar-refractivity contribution in [1.82, 2.24) is 0 Å². The smallest absolute Gasteiger partial charge is 0.193 e. The molecule has 0 radical (unpaired) electrons. The van der Waals surface area contributed by atoms with Crippen LogP contribution in [0.2, 0.25) is 0 Å². The fraction of sp³-hybridized carbons (Fsp3) is 0.632. The summed E-state index contributed by atoms with van der Waals surface area (Å²) in [5.74, 6) is 1.13. The van der Waals surface area contributed by atoms with Gasteiger partial charge in [0, 0.05) is 23.6 Å². The molecule has 4 heteroatoms. The predicted octanol–water partition coefficient (Wildman–Crippen LogP) is 3.32. The Morgan fingerprint density at radius 1 is 1.30 bits per heavy atom. The van der Waals surface area contributed by atoms with Crippen LogP contribution in [-0.4, -0.2) is 24.7 Å². The van der Waals surface area contributed by atoms with Gasteiger partial charge in [-0.2, -0.15) is 0 Å². The van der Waals surface area contributed by atoms with E-state index in [1.807, 2.05) is 0 Å². The number of nitrogens with two attached hydrogens (primary N) is 1. The zero-order valence-electron chi connectivity index (χ0n) is 13.9. The Balaban J connectivity index is 1.49. The summed E-state index contributed by atoms with van der Waals surface area (Å²) >= 11 is 0. The maximum atomic E-state index is 6.22. The molecule has 23 heavy (non-hydrogen) atoms. The van der Waals surface area contributed by atoms with Gasteiger partial charge in [0.15, 0.2) is 5.96 Å². The number of aryl methyl sites for hydroxylation is 1. The van der Waals surface area contributed by atoms with Crippen molar-refractivity contribution in [1.29, 1.82) is 0 Å². The molecule has 1 spiro atoms. The van der Waals surface area contributed by atoms with Gasteiger partial charge in [-0.25, -0.2) is 4.99 Å². The quantitative estimate of drug-likeness (QED) is 0.665. The van der Waals surface area contributed by atoms with Crippen molar-refractivity contribution in [2.75, 3.05) is 11.9 Å². The lowest BCUT2D eigenvalue weighted by Gasteiger charge is -2.54. The summed E-state index contributed by atoms with van der Waals surface area (Å²) in [6.07, 6.45) is 7.75. The number of hydrogen-bond acceptors (Lipinski definition) is 2. The fourth-order valence-corrected chi connectivity index (χ4v) is 4.99. The molecule has 1 aromatic carbocycles. The summed E-state index contributed by atoms with van der Waals surface area (Å²) < 4.78 is 6.01. The van der Waals surface area contributed by atoms with Gasteiger partial charge in [-0.1, -0.05) is 31.9 Å². The molecule has 2 aliphatic carbocycles. The Morgan fingerprint density at radius 2 is 2.04 bits per heavy atom. The number of ether oxygens (including phenoxy) is 1. The van der Waals surface area contributed by atoms with Crippen molar-refractivity contribution in [3.8, 4) is 0 Å². The highest BCUT2D eigenvalue weighted by atomic mass is 16.5. The summed E-state index contributed by atoms with van der Waals surface area (Å²) in [6, 6.07) is 8.78. The summed E-state index contributed by atoms with van der Waals surface area (Å²) in [7, 11) is 0. The highest BCUT2D eigenvalue weighted by Crippen LogP contribution is 2.62. The van der Waals surface area contributed by atoms with Crippen LogP contribution in [0.25, 0.3) is 0 Å². The second kappa shape index (κ2) is 5.82. The van der Waals surface area contributed by atoms with Gasteiger partial charge in [0.25, 0.3) is 0 Å². The van der Waals surface area contributed by atoms with Crippen molar-refractivity contribution in [3.05, 3.63) is 29.8 Å². The van der Waals surface area contributed by atoms with E-state index >= 15 is 0 Å². The van der Waals surface area contributed by atoms with E-state index in [9.17, 15) is 0 Å². The van der Waals surface area contributed by atoms with Crippen molar-refractivity contribution < 1.29 is 4.74 Å². The summed E-state index contributed by atoms with van der Waals surface area (Å²) in [4.78, 5) is 4.90. The molecular weight excluding hydrogens is 286 g/mol. The van der Waals surface area contributed by atoms with E-state index in [1.165, 1.54) is 31.2 Å². The summed E-state index contributed by atoms with van der Waals surface area (Å²) in [5, 5.41) is 3.27. The lowest BCUT2D eigenvalue weighted by molar-refractivity contribution is -0.117. The Hall–Kier alpha value is -1.55. The fourth-order valence-electron chi connectivity index (χ4n) is 4.99. The molecule has 4 nitrogen and oxygen atoms in total. The minimum Gasteiger partial charge on any atom is -0.377 e. The third-order valence-electron chi connectivity index (χ3n) is 6.15. The van der Waals surface area contributed by atoms with Crippen LogP contribution >= 0.6 is 0 Å². The van der Waals surface area contributed by atoms with E-state index < -0.39 is 0 Å². The maximum Gasteiger partial charge on any atom is 0.193 e. The Labute approximate surface area is 138 Å². The van der Waals surface area contributed by atoms with Gasteiger partial charge in [0.1, 0.15) is 0 Å². The molecule has 1 aliphatic heterocycles.